The predicted molar refractivity (Wildman–Crippen MR) is 143 cm³/mol. The number of hydrogen-bond acceptors (Lipinski definition) is 6. The van der Waals surface area contributed by atoms with Gasteiger partial charge in [0.05, 0.1) is 19.8 Å². The number of fused-ring (bicyclic) bond motifs is 1. The summed E-state index contributed by atoms with van der Waals surface area (Å²) in [6.45, 7) is 3.52. The first-order chi connectivity index (χ1) is 18.5. The molecule has 0 radical (unpaired) electrons. The highest BCUT2D eigenvalue weighted by atomic mass is 16.6. The number of hydrogen-bond donors (Lipinski definition) is 0. The minimum absolute atomic E-state index is 0.0677. The lowest BCUT2D eigenvalue weighted by molar-refractivity contribution is -0.145. The fourth-order valence-electron chi connectivity index (χ4n) is 4.80. The van der Waals surface area contributed by atoms with Gasteiger partial charge in [-0.05, 0) is 67.4 Å². The fourth-order valence-corrected chi connectivity index (χ4v) is 4.80. The van der Waals surface area contributed by atoms with E-state index in [1.807, 2.05) is 60.7 Å². The summed E-state index contributed by atoms with van der Waals surface area (Å²) >= 11 is 0. The molecular weight excluding hydrogens is 484 g/mol. The van der Waals surface area contributed by atoms with Crippen molar-refractivity contribution >= 4 is 29.2 Å². The van der Waals surface area contributed by atoms with Crippen molar-refractivity contribution in [2.45, 2.75) is 32.7 Å². The Bertz CT molecular complexity index is 1340. The molecule has 0 aromatic heterocycles. The van der Waals surface area contributed by atoms with Gasteiger partial charge >= 0.3 is 5.97 Å². The quantitative estimate of drug-likeness (QED) is 0.370. The fraction of sp³-hybridized carbons (Fsp3) is 0.300. The van der Waals surface area contributed by atoms with Gasteiger partial charge in [-0.2, -0.15) is 0 Å². The van der Waals surface area contributed by atoms with E-state index in [0.717, 1.165) is 35.5 Å². The van der Waals surface area contributed by atoms with E-state index in [0.29, 0.717) is 49.7 Å². The SMILES string of the molecule is CCOC(=O)COc1cccc(CCOc2cccc3c2CN(c2ccc(N4CCCC4=O)cc2)C3=O)c1. The minimum Gasteiger partial charge on any atom is -0.493 e. The van der Waals surface area contributed by atoms with E-state index in [2.05, 4.69) is 0 Å². The van der Waals surface area contributed by atoms with E-state index in [1.54, 1.807) is 22.8 Å². The van der Waals surface area contributed by atoms with Gasteiger partial charge in [-0.15, -0.1) is 0 Å². The minimum atomic E-state index is -0.402. The summed E-state index contributed by atoms with van der Waals surface area (Å²) in [6.07, 6.45) is 2.09. The van der Waals surface area contributed by atoms with Crippen LogP contribution >= 0.6 is 0 Å². The Morgan fingerprint density at radius 1 is 0.921 bits per heavy atom. The molecule has 8 nitrogen and oxygen atoms in total. The van der Waals surface area contributed by atoms with Crippen LogP contribution in [0.3, 0.4) is 0 Å². The number of esters is 1. The number of carbonyl (C=O) groups excluding carboxylic acids is 3. The zero-order valence-electron chi connectivity index (χ0n) is 21.4. The van der Waals surface area contributed by atoms with Crippen molar-refractivity contribution in [3.8, 4) is 11.5 Å². The number of nitrogens with zero attached hydrogens (tertiary/aromatic N) is 2. The van der Waals surface area contributed by atoms with E-state index in [9.17, 15) is 14.4 Å². The van der Waals surface area contributed by atoms with E-state index in [4.69, 9.17) is 14.2 Å². The first kappa shape index (κ1) is 25.3. The summed E-state index contributed by atoms with van der Waals surface area (Å²) < 4.78 is 16.5. The van der Waals surface area contributed by atoms with E-state index in [-0.39, 0.29) is 18.4 Å². The van der Waals surface area contributed by atoms with Gasteiger partial charge < -0.3 is 24.0 Å². The Morgan fingerprint density at radius 2 is 1.68 bits per heavy atom. The average Bonchev–Trinajstić information content (AvgIpc) is 3.51. The molecule has 0 atom stereocenters. The third-order valence-electron chi connectivity index (χ3n) is 6.68. The topological polar surface area (TPSA) is 85.4 Å². The maximum Gasteiger partial charge on any atom is 0.344 e. The molecule has 0 spiro atoms. The molecule has 0 saturated carbocycles. The predicted octanol–water partition coefficient (Wildman–Crippen LogP) is 4.54. The summed E-state index contributed by atoms with van der Waals surface area (Å²) in [5.41, 5.74) is 4.15. The van der Waals surface area contributed by atoms with Crippen LogP contribution in [0, 0.1) is 0 Å². The summed E-state index contributed by atoms with van der Waals surface area (Å²) in [5, 5.41) is 0. The lowest BCUT2D eigenvalue weighted by atomic mass is 10.1. The molecule has 0 aliphatic carbocycles. The molecule has 0 N–H and O–H groups in total. The third-order valence-corrected chi connectivity index (χ3v) is 6.68. The maximum atomic E-state index is 13.2. The molecule has 2 heterocycles. The van der Waals surface area contributed by atoms with Crippen molar-refractivity contribution in [3.05, 3.63) is 83.4 Å². The van der Waals surface area contributed by atoms with Crippen molar-refractivity contribution < 1.29 is 28.6 Å². The molecule has 2 aliphatic heterocycles. The highest BCUT2D eigenvalue weighted by Crippen LogP contribution is 2.35. The smallest absolute Gasteiger partial charge is 0.344 e. The number of benzene rings is 3. The highest BCUT2D eigenvalue weighted by molar-refractivity contribution is 6.10. The van der Waals surface area contributed by atoms with Crippen LogP contribution in [0.5, 0.6) is 11.5 Å². The number of carbonyl (C=O) groups is 3. The molecular formula is C30H30N2O6. The van der Waals surface area contributed by atoms with Crippen LogP contribution in [0.4, 0.5) is 11.4 Å². The van der Waals surface area contributed by atoms with Crippen molar-refractivity contribution in [3.63, 3.8) is 0 Å². The molecule has 2 amide bonds. The van der Waals surface area contributed by atoms with Crippen LogP contribution in [0.1, 0.15) is 41.3 Å². The molecule has 3 aromatic carbocycles. The summed E-state index contributed by atoms with van der Waals surface area (Å²) in [7, 11) is 0. The second kappa shape index (κ2) is 11.4. The number of rotatable bonds is 10. The molecule has 196 valence electrons. The van der Waals surface area contributed by atoms with Gasteiger partial charge in [0.25, 0.3) is 5.91 Å². The summed E-state index contributed by atoms with van der Waals surface area (Å²) in [5.74, 6) is 0.951. The second-order valence-corrected chi connectivity index (χ2v) is 9.18. The standard InChI is InChI=1S/C30H30N2O6/c1-2-36-29(34)20-38-24-7-3-6-21(18-24)15-17-37-27-9-4-8-25-26(27)19-32(30(25)35)23-13-11-22(12-14-23)31-16-5-10-28(31)33/h3-4,6-9,11-14,18H,2,5,10,15-17,19-20H2,1H3. The van der Waals surface area contributed by atoms with Crippen LogP contribution in [0.2, 0.25) is 0 Å². The molecule has 0 bridgehead atoms. The monoisotopic (exact) mass is 514 g/mol. The molecule has 2 aliphatic rings. The van der Waals surface area contributed by atoms with Crippen LogP contribution in [0.15, 0.2) is 66.7 Å². The zero-order valence-corrected chi connectivity index (χ0v) is 21.4. The summed E-state index contributed by atoms with van der Waals surface area (Å²) in [4.78, 5) is 40.3. The van der Waals surface area contributed by atoms with Crippen LogP contribution in [-0.4, -0.2) is 44.1 Å². The Hall–Kier alpha value is -4.33. The van der Waals surface area contributed by atoms with Gasteiger partial charge in [0, 0.05) is 41.9 Å². The van der Waals surface area contributed by atoms with Gasteiger partial charge in [0.1, 0.15) is 11.5 Å². The van der Waals surface area contributed by atoms with Crippen LogP contribution < -0.4 is 19.3 Å². The third kappa shape index (κ3) is 5.49. The van der Waals surface area contributed by atoms with Gasteiger partial charge in [-0.3, -0.25) is 9.59 Å². The first-order valence-corrected chi connectivity index (χ1v) is 12.9. The zero-order chi connectivity index (χ0) is 26.5. The van der Waals surface area contributed by atoms with Gasteiger partial charge in [-0.1, -0.05) is 18.2 Å². The number of anilines is 2. The Labute approximate surface area is 221 Å². The van der Waals surface area contributed by atoms with Crippen molar-refractivity contribution in [1.29, 1.82) is 0 Å². The van der Waals surface area contributed by atoms with Crippen LogP contribution in [0.25, 0.3) is 0 Å². The van der Waals surface area contributed by atoms with Gasteiger partial charge in [0.15, 0.2) is 6.61 Å². The normalized spacial score (nSPS) is 14.6. The van der Waals surface area contributed by atoms with E-state index >= 15 is 0 Å². The molecule has 8 heteroatoms. The molecule has 5 rings (SSSR count). The summed E-state index contributed by atoms with van der Waals surface area (Å²) in [6, 6.07) is 20.6. The number of amides is 2. The first-order valence-electron chi connectivity index (χ1n) is 12.9. The second-order valence-electron chi connectivity index (χ2n) is 9.18. The molecule has 0 unspecified atom stereocenters. The van der Waals surface area contributed by atoms with Gasteiger partial charge in [0.2, 0.25) is 5.91 Å². The maximum absolute atomic E-state index is 13.2. The largest absolute Gasteiger partial charge is 0.493 e. The molecule has 3 aromatic rings. The van der Waals surface area contributed by atoms with Crippen molar-refractivity contribution in [2.24, 2.45) is 0 Å². The molecule has 1 fully saturated rings. The van der Waals surface area contributed by atoms with Crippen molar-refractivity contribution in [2.75, 3.05) is 36.2 Å². The van der Waals surface area contributed by atoms with Gasteiger partial charge in [-0.25, -0.2) is 4.79 Å². The average molecular weight is 515 g/mol. The van der Waals surface area contributed by atoms with Crippen molar-refractivity contribution in [1.82, 2.24) is 0 Å². The molecule has 1 saturated heterocycles. The highest BCUT2D eigenvalue weighted by Gasteiger charge is 2.31. The Balaban J connectivity index is 1.20. The number of ether oxygens (including phenoxy) is 3. The lowest BCUT2D eigenvalue weighted by Gasteiger charge is -2.19. The Morgan fingerprint density at radius 3 is 2.42 bits per heavy atom. The lowest BCUT2D eigenvalue weighted by Crippen LogP contribution is -2.25. The van der Waals surface area contributed by atoms with E-state index in [1.165, 1.54) is 0 Å². The molecule has 38 heavy (non-hydrogen) atoms. The van der Waals surface area contributed by atoms with Crippen LogP contribution in [-0.2, 0) is 27.3 Å². The van der Waals surface area contributed by atoms with E-state index < -0.39 is 5.97 Å². The Kier molecular flexibility index (Phi) is 7.58.